The molecule has 0 amide bonds. The van der Waals surface area contributed by atoms with Crippen molar-refractivity contribution in [3.63, 3.8) is 0 Å². The van der Waals surface area contributed by atoms with Gasteiger partial charge in [0.2, 0.25) is 0 Å². The summed E-state index contributed by atoms with van der Waals surface area (Å²) in [6, 6.07) is 2.11. The third-order valence-corrected chi connectivity index (χ3v) is 2.99. The molecule has 0 aliphatic heterocycles. The van der Waals surface area contributed by atoms with Crippen LogP contribution in [-0.4, -0.2) is 31.2 Å². The van der Waals surface area contributed by atoms with Gasteiger partial charge in [0.05, 0.1) is 17.6 Å². The molecule has 0 saturated carbocycles. The highest BCUT2D eigenvalue weighted by Gasteiger charge is 2.11. The molecule has 16 heavy (non-hydrogen) atoms. The van der Waals surface area contributed by atoms with Gasteiger partial charge in [-0.3, -0.25) is 4.98 Å². The fraction of sp³-hybridized carbons (Fsp3) is 0.615. The lowest BCUT2D eigenvalue weighted by atomic mass is 10.2. The maximum Gasteiger partial charge on any atom is 0.0790 e. The van der Waals surface area contributed by atoms with Crippen LogP contribution in [0.2, 0.25) is 0 Å². The van der Waals surface area contributed by atoms with Crippen LogP contribution in [0, 0.1) is 0 Å². The fourth-order valence-electron chi connectivity index (χ4n) is 2.02. The lowest BCUT2D eigenvalue weighted by Gasteiger charge is -2.29. The average Bonchev–Trinajstić information content (AvgIpc) is 2.34. The van der Waals surface area contributed by atoms with Gasteiger partial charge in [0.25, 0.3) is 0 Å². The SMILES string of the molecule is CCN(CC)c1ccncc1N(CC)CC. The summed E-state index contributed by atoms with van der Waals surface area (Å²) in [4.78, 5) is 8.96. The van der Waals surface area contributed by atoms with Crippen LogP contribution >= 0.6 is 0 Å². The highest BCUT2D eigenvalue weighted by atomic mass is 15.2. The molecule has 0 saturated heterocycles. The van der Waals surface area contributed by atoms with Crippen LogP contribution in [-0.2, 0) is 0 Å². The topological polar surface area (TPSA) is 19.4 Å². The molecule has 1 rings (SSSR count). The second kappa shape index (κ2) is 6.36. The van der Waals surface area contributed by atoms with Gasteiger partial charge in [-0.25, -0.2) is 0 Å². The quantitative estimate of drug-likeness (QED) is 0.736. The molecule has 0 aliphatic carbocycles. The van der Waals surface area contributed by atoms with Crippen molar-refractivity contribution in [2.45, 2.75) is 27.7 Å². The molecule has 0 bridgehead atoms. The fourth-order valence-corrected chi connectivity index (χ4v) is 2.02. The first-order valence-corrected chi connectivity index (χ1v) is 6.22. The molecule has 0 radical (unpaired) electrons. The van der Waals surface area contributed by atoms with Crippen molar-refractivity contribution < 1.29 is 0 Å². The van der Waals surface area contributed by atoms with Crippen molar-refractivity contribution in [1.82, 2.24) is 4.98 Å². The molecule has 0 aromatic carbocycles. The normalized spacial score (nSPS) is 10.2. The van der Waals surface area contributed by atoms with E-state index in [0.29, 0.717) is 0 Å². The van der Waals surface area contributed by atoms with Crippen LogP contribution < -0.4 is 9.80 Å². The van der Waals surface area contributed by atoms with E-state index < -0.39 is 0 Å². The van der Waals surface area contributed by atoms with E-state index in [4.69, 9.17) is 0 Å². The molecule has 1 aromatic heterocycles. The Hall–Kier alpha value is -1.25. The maximum absolute atomic E-state index is 4.24. The predicted molar refractivity (Wildman–Crippen MR) is 71.4 cm³/mol. The summed E-state index contributed by atoms with van der Waals surface area (Å²) >= 11 is 0. The van der Waals surface area contributed by atoms with Crippen LogP contribution in [0.1, 0.15) is 27.7 Å². The summed E-state index contributed by atoms with van der Waals surface area (Å²) < 4.78 is 0. The third-order valence-electron chi connectivity index (χ3n) is 2.99. The zero-order valence-corrected chi connectivity index (χ0v) is 10.9. The minimum Gasteiger partial charge on any atom is -0.370 e. The number of pyridine rings is 1. The molecular weight excluding hydrogens is 198 g/mol. The van der Waals surface area contributed by atoms with Crippen LogP contribution in [0.3, 0.4) is 0 Å². The van der Waals surface area contributed by atoms with Crippen molar-refractivity contribution >= 4 is 11.4 Å². The van der Waals surface area contributed by atoms with Crippen molar-refractivity contribution in [2.24, 2.45) is 0 Å². The van der Waals surface area contributed by atoms with Gasteiger partial charge < -0.3 is 9.80 Å². The number of rotatable bonds is 6. The zero-order valence-electron chi connectivity index (χ0n) is 10.9. The first-order chi connectivity index (χ1) is 7.78. The van der Waals surface area contributed by atoms with Gasteiger partial charge in [0, 0.05) is 32.4 Å². The summed E-state index contributed by atoms with van der Waals surface area (Å²) in [7, 11) is 0. The molecule has 1 aromatic rings. The Labute approximate surface area is 99.1 Å². The summed E-state index contributed by atoms with van der Waals surface area (Å²) in [5.41, 5.74) is 2.54. The average molecular weight is 221 g/mol. The van der Waals surface area contributed by atoms with Crippen molar-refractivity contribution in [2.75, 3.05) is 36.0 Å². The zero-order chi connectivity index (χ0) is 12.0. The van der Waals surface area contributed by atoms with Crippen molar-refractivity contribution in [1.29, 1.82) is 0 Å². The second-order valence-electron chi connectivity index (χ2n) is 3.71. The molecule has 3 heteroatoms. The van der Waals surface area contributed by atoms with Gasteiger partial charge in [0.15, 0.2) is 0 Å². The molecule has 0 unspecified atom stereocenters. The molecule has 0 fully saturated rings. The number of aromatic nitrogens is 1. The summed E-state index contributed by atoms with van der Waals surface area (Å²) in [6.07, 6.45) is 3.85. The van der Waals surface area contributed by atoms with Crippen molar-refractivity contribution in [3.8, 4) is 0 Å². The Kier molecular flexibility index (Phi) is 5.09. The standard InChI is InChI=1S/C13H23N3/c1-5-15(6-2)12-9-10-14-11-13(12)16(7-3)8-4/h9-11H,5-8H2,1-4H3. The van der Waals surface area contributed by atoms with Crippen LogP contribution in [0.15, 0.2) is 18.5 Å². The van der Waals surface area contributed by atoms with E-state index in [-0.39, 0.29) is 0 Å². The Bertz CT molecular complexity index is 273. The van der Waals surface area contributed by atoms with Gasteiger partial charge >= 0.3 is 0 Å². The first-order valence-electron chi connectivity index (χ1n) is 6.22. The molecule has 90 valence electrons. The predicted octanol–water partition coefficient (Wildman–Crippen LogP) is 2.77. The van der Waals surface area contributed by atoms with E-state index in [1.165, 1.54) is 11.4 Å². The van der Waals surface area contributed by atoms with E-state index in [0.717, 1.165) is 26.2 Å². The summed E-state index contributed by atoms with van der Waals surface area (Å²) in [5.74, 6) is 0. The maximum atomic E-state index is 4.24. The lowest BCUT2D eigenvalue weighted by molar-refractivity contribution is 0.829. The van der Waals surface area contributed by atoms with E-state index in [2.05, 4.69) is 48.5 Å². The van der Waals surface area contributed by atoms with E-state index in [1.807, 2.05) is 12.4 Å². The molecule has 1 heterocycles. The number of hydrogen-bond acceptors (Lipinski definition) is 3. The summed E-state index contributed by atoms with van der Waals surface area (Å²) in [6.45, 7) is 12.9. The Morgan fingerprint density at radius 2 is 1.38 bits per heavy atom. The van der Waals surface area contributed by atoms with Crippen LogP contribution in [0.5, 0.6) is 0 Å². The smallest absolute Gasteiger partial charge is 0.0790 e. The second-order valence-corrected chi connectivity index (χ2v) is 3.71. The van der Waals surface area contributed by atoms with Crippen LogP contribution in [0.25, 0.3) is 0 Å². The van der Waals surface area contributed by atoms with Crippen LogP contribution in [0.4, 0.5) is 11.4 Å². The largest absolute Gasteiger partial charge is 0.370 e. The molecule has 3 nitrogen and oxygen atoms in total. The number of anilines is 2. The number of hydrogen-bond donors (Lipinski definition) is 0. The Morgan fingerprint density at radius 1 is 0.875 bits per heavy atom. The van der Waals surface area contributed by atoms with E-state index in [9.17, 15) is 0 Å². The van der Waals surface area contributed by atoms with E-state index in [1.54, 1.807) is 0 Å². The molecule has 0 aliphatic rings. The highest BCUT2D eigenvalue weighted by molar-refractivity contribution is 5.70. The molecule has 0 spiro atoms. The minimum atomic E-state index is 1.02. The molecule has 0 N–H and O–H groups in total. The van der Waals surface area contributed by atoms with Gasteiger partial charge in [-0.15, -0.1) is 0 Å². The monoisotopic (exact) mass is 221 g/mol. The van der Waals surface area contributed by atoms with Gasteiger partial charge in [-0.1, -0.05) is 0 Å². The third kappa shape index (κ3) is 2.65. The molecule has 0 atom stereocenters. The summed E-state index contributed by atoms with van der Waals surface area (Å²) in [5, 5.41) is 0. The van der Waals surface area contributed by atoms with Crippen molar-refractivity contribution in [3.05, 3.63) is 18.5 Å². The van der Waals surface area contributed by atoms with E-state index >= 15 is 0 Å². The highest BCUT2D eigenvalue weighted by Crippen LogP contribution is 2.27. The van der Waals surface area contributed by atoms with Gasteiger partial charge in [-0.05, 0) is 33.8 Å². The lowest BCUT2D eigenvalue weighted by Crippen LogP contribution is -2.28. The van der Waals surface area contributed by atoms with Gasteiger partial charge in [0.1, 0.15) is 0 Å². The minimum absolute atomic E-state index is 1.02. The molecular formula is C13H23N3. The first kappa shape index (κ1) is 12.8. The Balaban J connectivity index is 3.07. The van der Waals surface area contributed by atoms with Gasteiger partial charge in [-0.2, -0.15) is 0 Å². The number of nitrogens with zero attached hydrogens (tertiary/aromatic N) is 3. The Morgan fingerprint density at radius 3 is 1.88 bits per heavy atom.